The van der Waals surface area contributed by atoms with Crippen molar-refractivity contribution >= 4 is 22.7 Å². The Kier molecular flexibility index (Phi) is 6.38. The molecule has 7 heteroatoms. The van der Waals surface area contributed by atoms with Crippen molar-refractivity contribution in [3.8, 4) is 15.6 Å². The van der Waals surface area contributed by atoms with Crippen LogP contribution in [0.2, 0.25) is 0 Å². The number of thiophene rings is 1. The summed E-state index contributed by atoms with van der Waals surface area (Å²) in [6, 6.07) is 1.96. The van der Waals surface area contributed by atoms with Gasteiger partial charge >= 0.3 is 0 Å². The Morgan fingerprint density at radius 3 is 2.95 bits per heavy atom. The highest BCUT2D eigenvalue weighted by Gasteiger charge is 2.12. The van der Waals surface area contributed by atoms with Gasteiger partial charge in [-0.2, -0.15) is 0 Å². The molecule has 0 fully saturated rings. The molecule has 2 heterocycles. The summed E-state index contributed by atoms with van der Waals surface area (Å²) < 4.78 is 10.3. The third kappa shape index (κ3) is 4.24. The van der Waals surface area contributed by atoms with Crippen molar-refractivity contribution in [2.45, 2.75) is 12.8 Å². The molecule has 20 heavy (non-hydrogen) atoms. The monoisotopic (exact) mass is 313 g/mol. The van der Waals surface area contributed by atoms with E-state index in [0.29, 0.717) is 0 Å². The van der Waals surface area contributed by atoms with E-state index < -0.39 is 0 Å². The molecule has 2 aromatic rings. The summed E-state index contributed by atoms with van der Waals surface area (Å²) in [6.45, 7) is 2.62. The molecule has 2 rings (SSSR count). The molecule has 0 aromatic carbocycles. The fraction of sp³-hybridized carbons (Fsp3) is 0.538. The van der Waals surface area contributed by atoms with Crippen molar-refractivity contribution in [3.05, 3.63) is 16.5 Å². The van der Waals surface area contributed by atoms with E-state index in [1.165, 1.54) is 0 Å². The topological polar surface area (TPSA) is 56.3 Å². The third-order valence-corrected chi connectivity index (χ3v) is 4.77. The average molecular weight is 313 g/mol. The van der Waals surface area contributed by atoms with Gasteiger partial charge in [-0.25, -0.2) is 0 Å². The lowest BCUT2D eigenvalue weighted by Gasteiger charge is -2.01. The van der Waals surface area contributed by atoms with E-state index >= 15 is 0 Å². The fourth-order valence-electron chi connectivity index (χ4n) is 1.72. The Hall–Kier alpha value is -1.02. The first-order chi connectivity index (χ1) is 9.85. The summed E-state index contributed by atoms with van der Waals surface area (Å²) in [7, 11) is 3.39. The van der Waals surface area contributed by atoms with Crippen molar-refractivity contribution in [3.63, 3.8) is 0 Å². The Bertz CT molecular complexity index is 513. The normalized spacial score (nSPS) is 10.9. The van der Waals surface area contributed by atoms with Gasteiger partial charge in [-0.15, -0.1) is 21.5 Å². The first kappa shape index (κ1) is 15.4. The van der Waals surface area contributed by atoms with Gasteiger partial charge in [-0.3, -0.25) is 0 Å². The second kappa shape index (κ2) is 8.31. The van der Waals surface area contributed by atoms with Crippen LogP contribution < -0.4 is 10.1 Å². The highest BCUT2D eigenvalue weighted by atomic mass is 32.1. The Labute approximate surface area is 127 Å². The highest BCUT2D eigenvalue weighted by Crippen LogP contribution is 2.36. The molecule has 0 amide bonds. The molecule has 1 N–H and O–H groups in total. The maximum Gasteiger partial charge on any atom is 0.161 e. The number of nitrogens with one attached hydrogen (secondary N) is 1. The lowest BCUT2D eigenvalue weighted by Crippen LogP contribution is -2.20. The molecule has 2 aromatic heterocycles. The van der Waals surface area contributed by atoms with Crippen LogP contribution in [0.5, 0.6) is 5.75 Å². The first-order valence-corrected chi connectivity index (χ1v) is 8.18. The van der Waals surface area contributed by atoms with E-state index in [1.807, 2.05) is 11.4 Å². The van der Waals surface area contributed by atoms with Gasteiger partial charge in [0.25, 0.3) is 0 Å². The maximum atomic E-state index is 5.31. The summed E-state index contributed by atoms with van der Waals surface area (Å²) >= 11 is 3.28. The number of aryl methyl sites for hydroxylation is 1. The van der Waals surface area contributed by atoms with Gasteiger partial charge in [0.05, 0.1) is 13.7 Å². The zero-order valence-electron chi connectivity index (χ0n) is 11.7. The molecular weight excluding hydrogens is 294 g/mol. The van der Waals surface area contributed by atoms with Gasteiger partial charge in [0.15, 0.2) is 5.01 Å². The molecule has 0 aliphatic carbocycles. The van der Waals surface area contributed by atoms with Crippen molar-refractivity contribution in [1.82, 2.24) is 15.5 Å². The molecule has 0 saturated heterocycles. The number of hydrogen-bond acceptors (Lipinski definition) is 7. The number of hydrogen-bond donors (Lipinski definition) is 1. The lowest BCUT2D eigenvalue weighted by atomic mass is 10.3. The van der Waals surface area contributed by atoms with Gasteiger partial charge in [-0.05, 0) is 24.4 Å². The number of methoxy groups -OCH3 is 2. The minimum absolute atomic E-state index is 0.751. The molecule has 0 atom stereocenters. The molecule has 0 bridgehead atoms. The summed E-state index contributed by atoms with van der Waals surface area (Å²) in [4.78, 5) is 1.06. The number of ether oxygens (including phenoxy) is 2. The predicted molar refractivity (Wildman–Crippen MR) is 82.8 cm³/mol. The highest BCUT2D eigenvalue weighted by molar-refractivity contribution is 7.21. The van der Waals surface area contributed by atoms with E-state index in [4.69, 9.17) is 9.47 Å². The molecule has 0 aliphatic rings. The van der Waals surface area contributed by atoms with Crippen LogP contribution in [0.25, 0.3) is 9.88 Å². The first-order valence-electron chi connectivity index (χ1n) is 6.49. The Morgan fingerprint density at radius 2 is 2.15 bits per heavy atom. The summed E-state index contributed by atoms with van der Waals surface area (Å²) in [6.07, 6.45) is 2.01. The number of aromatic nitrogens is 2. The molecule has 0 unspecified atom stereocenters. The molecule has 0 saturated carbocycles. The van der Waals surface area contributed by atoms with Crippen molar-refractivity contribution in [2.75, 3.05) is 33.9 Å². The molecule has 0 radical (unpaired) electrons. The summed E-state index contributed by atoms with van der Waals surface area (Å²) in [5, 5.41) is 15.9. The van der Waals surface area contributed by atoms with E-state index in [0.717, 1.165) is 53.2 Å². The van der Waals surface area contributed by atoms with Crippen LogP contribution in [-0.2, 0) is 11.2 Å². The van der Waals surface area contributed by atoms with Crippen LogP contribution in [0.3, 0.4) is 0 Å². The van der Waals surface area contributed by atoms with Crippen LogP contribution in [0, 0.1) is 0 Å². The smallest absolute Gasteiger partial charge is 0.161 e. The second-order valence-corrected chi connectivity index (χ2v) is 6.14. The van der Waals surface area contributed by atoms with Gasteiger partial charge in [-0.1, -0.05) is 11.3 Å². The molecule has 110 valence electrons. The predicted octanol–water partition coefficient (Wildman–Crippen LogP) is 2.44. The molecule has 0 spiro atoms. The van der Waals surface area contributed by atoms with Gasteiger partial charge in [0.1, 0.15) is 15.6 Å². The van der Waals surface area contributed by atoms with E-state index in [2.05, 4.69) is 15.5 Å². The van der Waals surface area contributed by atoms with Crippen LogP contribution in [0.15, 0.2) is 11.4 Å². The number of rotatable bonds is 9. The van der Waals surface area contributed by atoms with Gasteiger partial charge in [0.2, 0.25) is 0 Å². The van der Waals surface area contributed by atoms with Gasteiger partial charge in [0, 0.05) is 20.1 Å². The minimum Gasteiger partial charge on any atom is -0.495 e. The van der Waals surface area contributed by atoms with Crippen molar-refractivity contribution in [1.29, 1.82) is 0 Å². The summed E-state index contributed by atoms with van der Waals surface area (Å²) in [5.41, 5.74) is 0. The molecular formula is C13H19N3O2S2. The fourth-order valence-corrected chi connectivity index (χ4v) is 3.56. The third-order valence-electron chi connectivity index (χ3n) is 2.74. The SMILES string of the molecule is COCCNCCCc1nnc(-c2sccc2OC)s1. The quantitative estimate of drug-likeness (QED) is 0.721. The van der Waals surface area contributed by atoms with Crippen molar-refractivity contribution in [2.24, 2.45) is 0 Å². The van der Waals surface area contributed by atoms with Crippen LogP contribution in [-0.4, -0.2) is 44.1 Å². The molecule has 5 nitrogen and oxygen atoms in total. The Morgan fingerprint density at radius 1 is 1.25 bits per heavy atom. The minimum atomic E-state index is 0.751. The van der Waals surface area contributed by atoms with Crippen LogP contribution >= 0.6 is 22.7 Å². The van der Waals surface area contributed by atoms with E-state index in [-0.39, 0.29) is 0 Å². The second-order valence-electron chi connectivity index (χ2n) is 4.17. The lowest BCUT2D eigenvalue weighted by molar-refractivity contribution is 0.199. The van der Waals surface area contributed by atoms with E-state index in [9.17, 15) is 0 Å². The average Bonchev–Trinajstić information content (AvgIpc) is 3.10. The summed E-state index contributed by atoms with van der Waals surface area (Å²) in [5.74, 6) is 0.874. The zero-order valence-corrected chi connectivity index (χ0v) is 13.4. The van der Waals surface area contributed by atoms with Gasteiger partial charge < -0.3 is 14.8 Å². The van der Waals surface area contributed by atoms with Crippen LogP contribution in [0.4, 0.5) is 0 Å². The van der Waals surface area contributed by atoms with Crippen LogP contribution in [0.1, 0.15) is 11.4 Å². The largest absolute Gasteiger partial charge is 0.495 e. The Balaban J connectivity index is 1.81. The standard InChI is InChI=1S/C13H19N3O2S2/c1-17-8-7-14-6-3-4-11-15-16-13(20-11)12-10(18-2)5-9-19-12/h5,9,14H,3-4,6-8H2,1-2H3. The maximum absolute atomic E-state index is 5.31. The number of nitrogens with zero attached hydrogens (tertiary/aromatic N) is 2. The van der Waals surface area contributed by atoms with E-state index in [1.54, 1.807) is 36.9 Å². The molecule has 0 aliphatic heterocycles. The zero-order chi connectivity index (χ0) is 14.2. The van der Waals surface area contributed by atoms with Crippen molar-refractivity contribution < 1.29 is 9.47 Å².